The number of ether oxygens (including phenoxy) is 1. The van der Waals surface area contributed by atoms with Crippen molar-refractivity contribution in [1.82, 2.24) is 5.32 Å². The van der Waals surface area contributed by atoms with E-state index in [0.717, 1.165) is 31.4 Å². The van der Waals surface area contributed by atoms with E-state index in [-0.39, 0.29) is 18.1 Å². The molecule has 1 N–H and O–H groups in total. The van der Waals surface area contributed by atoms with E-state index in [1.54, 1.807) is 0 Å². The zero-order valence-electron chi connectivity index (χ0n) is 13.3. The quantitative estimate of drug-likeness (QED) is 0.884. The lowest BCUT2D eigenvalue weighted by Gasteiger charge is -2.20. The highest BCUT2D eigenvalue weighted by Crippen LogP contribution is 2.20. The average molecular weight is 309 g/mol. The lowest BCUT2D eigenvalue weighted by molar-refractivity contribution is -0.124. The molecule has 120 valence electrons. The second kappa shape index (κ2) is 7.93. The summed E-state index contributed by atoms with van der Waals surface area (Å²) in [5, 5.41) is 3.19. The van der Waals surface area contributed by atoms with Crippen LogP contribution in [0.5, 0.6) is 0 Å². The van der Waals surface area contributed by atoms with E-state index in [2.05, 4.69) is 29.6 Å². The highest BCUT2D eigenvalue weighted by atomic mass is 16.5. The molecule has 1 fully saturated rings. The molecule has 1 heterocycles. The van der Waals surface area contributed by atoms with Crippen molar-refractivity contribution in [2.75, 3.05) is 6.61 Å². The molecule has 2 aromatic rings. The summed E-state index contributed by atoms with van der Waals surface area (Å²) in [6.07, 6.45) is 3.38. The van der Waals surface area contributed by atoms with Crippen LogP contribution in [-0.4, -0.2) is 18.6 Å². The number of carbonyl (C=O) groups is 1. The Bertz CT molecular complexity index is 606. The molecule has 3 nitrogen and oxygen atoms in total. The molecular weight excluding hydrogens is 286 g/mol. The first-order chi connectivity index (χ1) is 11.3. The molecule has 1 amide bonds. The standard InChI is InChI=1S/C20H23NO2/c22-20(15-18-12-7-13-23-18)21-19(17-10-5-2-6-11-17)14-16-8-3-1-4-9-16/h1-6,8-11,18-19H,7,12-15H2,(H,21,22)/t18-,19+/m1/s1. The van der Waals surface area contributed by atoms with Crippen molar-refractivity contribution in [3.05, 3.63) is 71.8 Å². The molecule has 0 spiro atoms. The van der Waals surface area contributed by atoms with Crippen LogP contribution in [0.3, 0.4) is 0 Å². The van der Waals surface area contributed by atoms with Crippen LogP contribution in [0.1, 0.15) is 36.4 Å². The molecule has 2 aromatic carbocycles. The second-order valence-corrected chi connectivity index (χ2v) is 6.06. The summed E-state index contributed by atoms with van der Waals surface area (Å²) in [7, 11) is 0. The Morgan fingerprint density at radius 1 is 1.09 bits per heavy atom. The largest absolute Gasteiger partial charge is 0.378 e. The zero-order valence-corrected chi connectivity index (χ0v) is 13.3. The van der Waals surface area contributed by atoms with Crippen LogP contribution >= 0.6 is 0 Å². The Hall–Kier alpha value is -2.13. The summed E-state index contributed by atoms with van der Waals surface area (Å²) >= 11 is 0. The van der Waals surface area contributed by atoms with Gasteiger partial charge in [0, 0.05) is 6.61 Å². The maximum absolute atomic E-state index is 12.4. The lowest BCUT2D eigenvalue weighted by atomic mass is 9.98. The van der Waals surface area contributed by atoms with Gasteiger partial charge in [-0.25, -0.2) is 0 Å². The highest BCUT2D eigenvalue weighted by Gasteiger charge is 2.21. The zero-order chi connectivity index (χ0) is 15.9. The minimum Gasteiger partial charge on any atom is -0.378 e. The van der Waals surface area contributed by atoms with Gasteiger partial charge in [-0.05, 0) is 30.4 Å². The normalized spacial score (nSPS) is 18.5. The lowest BCUT2D eigenvalue weighted by Crippen LogP contribution is -2.32. The Labute approximate surface area is 137 Å². The summed E-state index contributed by atoms with van der Waals surface area (Å²) in [6, 6.07) is 20.4. The van der Waals surface area contributed by atoms with Gasteiger partial charge in [0.25, 0.3) is 0 Å². The molecule has 0 saturated carbocycles. The first-order valence-electron chi connectivity index (χ1n) is 8.31. The number of nitrogens with one attached hydrogen (secondary N) is 1. The van der Waals surface area contributed by atoms with Crippen molar-refractivity contribution in [2.24, 2.45) is 0 Å². The molecule has 0 unspecified atom stereocenters. The molecule has 23 heavy (non-hydrogen) atoms. The molecule has 3 rings (SSSR count). The van der Waals surface area contributed by atoms with Crippen LogP contribution in [0.15, 0.2) is 60.7 Å². The molecule has 1 aliphatic rings. The smallest absolute Gasteiger partial charge is 0.223 e. The van der Waals surface area contributed by atoms with Gasteiger partial charge in [0.05, 0.1) is 18.6 Å². The van der Waals surface area contributed by atoms with Gasteiger partial charge in [0.2, 0.25) is 5.91 Å². The number of hydrogen-bond donors (Lipinski definition) is 1. The maximum atomic E-state index is 12.4. The fraction of sp³-hybridized carbons (Fsp3) is 0.350. The van der Waals surface area contributed by atoms with Crippen molar-refractivity contribution < 1.29 is 9.53 Å². The summed E-state index contributed by atoms with van der Waals surface area (Å²) < 4.78 is 5.57. The van der Waals surface area contributed by atoms with E-state index in [9.17, 15) is 4.79 Å². The molecule has 0 aromatic heterocycles. The average Bonchev–Trinajstić information content (AvgIpc) is 3.09. The molecule has 0 bridgehead atoms. The fourth-order valence-corrected chi connectivity index (χ4v) is 3.05. The Kier molecular flexibility index (Phi) is 5.43. The third kappa shape index (κ3) is 4.67. The first kappa shape index (κ1) is 15.8. The third-order valence-electron chi connectivity index (χ3n) is 4.26. The maximum Gasteiger partial charge on any atom is 0.223 e. The van der Waals surface area contributed by atoms with Crippen molar-refractivity contribution in [3.8, 4) is 0 Å². The Morgan fingerprint density at radius 2 is 1.78 bits per heavy atom. The second-order valence-electron chi connectivity index (χ2n) is 6.06. The molecule has 3 heteroatoms. The minimum absolute atomic E-state index is 0.00694. The minimum atomic E-state index is -0.00694. The van der Waals surface area contributed by atoms with Crippen molar-refractivity contribution in [1.29, 1.82) is 0 Å². The van der Waals surface area contributed by atoms with E-state index in [1.807, 2.05) is 36.4 Å². The van der Waals surface area contributed by atoms with Gasteiger partial charge in [-0.1, -0.05) is 60.7 Å². The first-order valence-corrected chi connectivity index (χ1v) is 8.31. The third-order valence-corrected chi connectivity index (χ3v) is 4.26. The molecule has 0 radical (unpaired) electrons. The van der Waals surface area contributed by atoms with E-state index in [0.29, 0.717) is 6.42 Å². The van der Waals surface area contributed by atoms with Crippen molar-refractivity contribution in [2.45, 2.75) is 37.8 Å². The number of hydrogen-bond acceptors (Lipinski definition) is 2. The monoisotopic (exact) mass is 309 g/mol. The summed E-state index contributed by atoms with van der Waals surface area (Å²) in [5.74, 6) is 0.0710. The summed E-state index contributed by atoms with van der Waals surface area (Å²) in [4.78, 5) is 12.4. The van der Waals surface area contributed by atoms with Gasteiger partial charge in [0.15, 0.2) is 0 Å². The van der Waals surface area contributed by atoms with Crippen LogP contribution in [0.2, 0.25) is 0 Å². The van der Waals surface area contributed by atoms with Crippen LogP contribution in [0.25, 0.3) is 0 Å². The van der Waals surface area contributed by atoms with Gasteiger partial charge in [-0.15, -0.1) is 0 Å². The summed E-state index contributed by atoms with van der Waals surface area (Å²) in [5.41, 5.74) is 2.36. The van der Waals surface area contributed by atoms with E-state index in [4.69, 9.17) is 4.74 Å². The Morgan fingerprint density at radius 3 is 2.43 bits per heavy atom. The van der Waals surface area contributed by atoms with E-state index < -0.39 is 0 Å². The molecule has 2 atom stereocenters. The highest BCUT2D eigenvalue weighted by molar-refractivity contribution is 5.77. The number of rotatable bonds is 6. The van der Waals surface area contributed by atoms with Crippen molar-refractivity contribution in [3.63, 3.8) is 0 Å². The van der Waals surface area contributed by atoms with Crippen LogP contribution in [0, 0.1) is 0 Å². The topological polar surface area (TPSA) is 38.3 Å². The van der Waals surface area contributed by atoms with Gasteiger partial charge >= 0.3 is 0 Å². The van der Waals surface area contributed by atoms with Crippen LogP contribution < -0.4 is 5.32 Å². The molecule has 0 aliphatic carbocycles. The SMILES string of the molecule is O=C(C[C@H]1CCCO1)N[C@@H](Cc1ccccc1)c1ccccc1. The van der Waals surface area contributed by atoms with Gasteiger partial charge in [0.1, 0.15) is 0 Å². The molecule has 1 saturated heterocycles. The van der Waals surface area contributed by atoms with Gasteiger partial charge < -0.3 is 10.1 Å². The number of benzene rings is 2. The van der Waals surface area contributed by atoms with Crippen LogP contribution in [-0.2, 0) is 16.0 Å². The predicted molar refractivity (Wildman–Crippen MR) is 91.1 cm³/mol. The summed E-state index contributed by atoms with van der Waals surface area (Å²) in [6.45, 7) is 0.782. The van der Waals surface area contributed by atoms with Gasteiger partial charge in [-0.3, -0.25) is 4.79 Å². The van der Waals surface area contributed by atoms with Crippen molar-refractivity contribution >= 4 is 5.91 Å². The van der Waals surface area contributed by atoms with Crippen LogP contribution in [0.4, 0.5) is 0 Å². The molecular formula is C20H23NO2. The van der Waals surface area contributed by atoms with Gasteiger partial charge in [-0.2, -0.15) is 0 Å². The predicted octanol–water partition coefficient (Wildman–Crippen LogP) is 3.66. The fourth-order valence-electron chi connectivity index (χ4n) is 3.05. The van der Waals surface area contributed by atoms with E-state index in [1.165, 1.54) is 5.56 Å². The number of carbonyl (C=O) groups excluding carboxylic acids is 1. The van der Waals surface area contributed by atoms with E-state index >= 15 is 0 Å². The Balaban J connectivity index is 1.68. The molecule has 1 aliphatic heterocycles. The number of amides is 1.